The molecule has 4 bridgehead atoms. The van der Waals surface area contributed by atoms with Crippen molar-refractivity contribution in [3.8, 4) is 0 Å². The van der Waals surface area contributed by atoms with E-state index in [2.05, 4.69) is 17.1 Å². The van der Waals surface area contributed by atoms with Crippen molar-refractivity contribution < 1.29 is 9.53 Å². The number of carbonyl (C=O) groups excluding carboxylic acids is 1. The van der Waals surface area contributed by atoms with Gasteiger partial charge in [-0.3, -0.25) is 9.69 Å². The predicted molar refractivity (Wildman–Crippen MR) is 80.8 cm³/mol. The summed E-state index contributed by atoms with van der Waals surface area (Å²) in [5.74, 6) is 3.65. The average molecular weight is 292 g/mol. The first-order chi connectivity index (χ1) is 10.2. The molecule has 4 nitrogen and oxygen atoms in total. The maximum Gasteiger partial charge on any atom is 0.239 e. The molecule has 1 N–H and O–H groups in total. The molecule has 5 rings (SSSR count). The first kappa shape index (κ1) is 14.0. The fourth-order valence-electron chi connectivity index (χ4n) is 5.68. The van der Waals surface area contributed by atoms with Gasteiger partial charge < -0.3 is 10.1 Å². The zero-order valence-corrected chi connectivity index (χ0v) is 13.1. The van der Waals surface area contributed by atoms with E-state index in [1.54, 1.807) is 0 Å². The summed E-state index contributed by atoms with van der Waals surface area (Å²) in [6.45, 7) is 5.27. The van der Waals surface area contributed by atoms with Gasteiger partial charge in [0.15, 0.2) is 0 Å². The van der Waals surface area contributed by atoms with Crippen LogP contribution in [-0.2, 0) is 9.53 Å². The molecular formula is C17H28N2O2. The fourth-order valence-corrected chi connectivity index (χ4v) is 5.68. The summed E-state index contributed by atoms with van der Waals surface area (Å²) in [4.78, 5) is 15.0. The Bertz CT molecular complexity index is 384. The zero-order valence-electron chi connectivity index (χ0n) is 13.1. The lowest BCUT2D eigenvalue weighted by Gasteiger charge is -2.54. The van der Waals surface area contributed by atoms with Crippen molar-refractivity contribution in [3.63, 3.8) is 0 Å². The quantitative estimate of drug-likeness (QED) is 0.860. The SMILES string of the molecule is CCN1CCOCC1C(=O)NC1C2CC3CC(C2)CC1C3. The first-order valence-corrected chi connectivity index (χ1v) is 8.86. The summed E-state index contributed by atoms with van der Waals surface area (Å²) in [7, 11) is 0. The van der Waals surface area contributed by atoms with Crippen molar-refractivity contribution in [3.05, 3.63) is 0 Å². The van der Waals surface area contributed by atoms with Crippen molar-refractivity contribution >= 4 is 5.91 Å². The molecule has 1 heterocycles. The predicted octanol–water partition coefficient (Wildman–Crippen LogP) is 1.65. The van der Waals surface area contributed by atoms with Gasteiger partial charge in [0.1, 0.15) is 6.04 Å². The smallest absolute Gasteiger partial charge is 0.239 e. The molecule has 4 saturated carbocycles. The number of carbonyl (C=O) groups is 1. The summed E-state index contributed by atoms with van der Waals surface area (Å²) in [5.41, 5.74) is 0. The van der Waals surface area contributed by atoms with E-state index in [1.807, 2.05) is 0 Å². The van der Waals surface area contributed by atoms with E-state index >= 15 is 0 Å². The molecule has 118 valence electrons. The molecule has 1 saturated heterocycles. The van der Waals surface area contributed by atoms with E-state index in [4.69, 9.17) is 4.74 Å². The van der Waals surface area contributed by atoms with E-state index in [9.17, 15) is 4.79 Å². The van der Waals surface area contributed by atoms with Gasteiger partial charge in [0, 0.05) is 12.6 Å². The Morgan fingerprint density at radius 2 is 1.81 bits per heavy atom. The third kappa shape index (κ3) is 2.50. The fraction of sp³-hybridized carbons (Fsp3) is 0.941. The number of amides is 1. The number of nitrogens with one attached hydrogen (secondary N) is 1. The number of likely N-dealkylation sites (N-methyl/N-ethyl adjacent to an activating group) is 1. The van der Waals surface area contributed by atoms with Crippen LogP contribution in [0.2, 0.25) is 0 Å². The molecule has 1 aliphatic heterocycles. The maximum atomic E-state index is 12.7. The Labute approximate surface area is 127 Å². The monoisotopic (exact) mass is 292 g/mol. The van der Waals surface area contributed by atoms with Gasteiger partial charge >= 0.3 is 0 Å². The van der Waals surface area contributed by atoms with Crippen molar-refractivity contribution in [1.82, 2.24) is 10.2 Å². The number of hydrogen-bond acceptors (Lipinski definition) is 3. The van der Waals surface area contributed by atoms with Crippen molar-refractivity contribution in [2.24, 2.45) is 23.7 Å². The van der Waals surface area contributed by atoms with E-state index in [0.717, 1.165) is 43.4 Å². The third-order valence-electron chi connectivity index (χ3n) is 6.48. The van der Waals surface area contributed by atoms with Crippen LogP contribution < -0.4 is 5.32 Å². The highest BCUT2D eigenvalue weighted by Gasteiger charge is 2.49. The van der Waals surface area contributed by atoms with Crippen LogP contribution >= 0.6 is 0 Å². The number of nitrogens with zero attached hydrogens (tertiary/aromatic N) is 1. The molecule has 21 heavy (non-hydrogen) atoms. The van der Waals surface area contributed by atoms with E-state index in [0.29, 0.717) is 12.6 Å². The van der Waals surface area contributed by atoms with Gasteiger partial charge in [-0.2, -0.15) is 0 Å². The molecule has 5 aliphatic rings. The molecule has 0 spiro atoms. The highest BCUT2D eigenvalue weighted by atomic mass is 16.5. The van der Waals surface area contributed by atoms with Crippen molar-refractivity contribution in [2.45, 2.75) is 51.1 Å². The minimum Gasteiger partial charge on any atom is -0.378 e. The first-order valence-electron chi connectivity index (χ1n) is 8.86. The lowest BCUT2D eigenvalue weighted by molar-refractivity contribution is -0.136. The Balaban J connectivity index is 1.42. The van der Waals surface area contributed by atoms with Crippen LogP contribution in [0.4, 0.5) is 0 Å². The van der Waals surface area contributed by atoms with E-state index in [-0.39, 0.29) is 11.9 Å². The molecule has 1 atom stereocenters. The second kappa shape index (κ2) is 5.54. The number of rotatable bonds is 3. The largest absolute Gasteiger partial charge is 0.378 e. The van der Waals surface area contributed by atoms with Gasteiger partial charge in [0.2, 0.25) is 5.91 Å². The van der Waals surface area contributed by atoms with Gasteiger partial charge in [-0.1, -0.05) is 6.92 Å². The molecule has 0 aromatic rings. The maximum absolute atomic E-state index is 12.7. The Kier molecular flexibility index (Phi) is 3.70. The molecule has 4 heteroatoms. The molecule has 0 aromatic carbocycles. The van der Waals surface area contributed by atoms with Gasteiger partial charge in [0.25, 0.3) is 0 Å². The Hall–Kier alpha value is -0.610. The van der Waals surface area contributed by atoms with Crippen LogP contribution in [0.15, 0.2) is 0 Å². The molecule has 0 radical (unpaired) electrons. The van der Waals surface area contributed by atoms with Gasteiger partial charge in [-0.05, 0) is 62.3 Å². The third-order valence-corrected chi connectivity index (χ3v) is 6.48. The Morgan fingerprint density at radius 1 is 1.14 bits per heavy atom. The van der Waals surface area contributed by atoms with Crippen LogP contribution in [0.1, 0.15) is 39.0 Å². The lowest BCUT2D eigenvalue weighted by atomic mass is 9.54. The van der Waals surface area contributed by atoms with Crippen LogP contribution in [0, 0.1) is 23.7 Å². The van der Waals surface area contributed by atoms with Crippen LogP contribution in [0.25, 0.3) is 0 Å². The highest BCUT2D eigenvalue weighted by molar-refractivity contribution is 5.82. The summed E-state index contributed by atoms with van der Waals surface area (Å²) in [6, 6.07) is 0.381. The normalized spacial score (nSPS) is 45.8. The minimum atomic E-state index is -0.0686. The topological polar surface area (TPSA) is 41.6 Å². The molecule has 4 aliphatic carbocycles. The number of hydrogen-bond donors (Lipinski definition) is 1. The molecule has 0 aromatic heterocycles. The van der Waals surface area contributed by atoms with Crippen LogP contribution in [0.5, 0.6) is 0 Å². The van der Waals surface area contributed by atoms with E-state index in [1.165, 1.54) is 32.1 Å². The second-order valence-electron chi connectivity index (χ2n) is 7.68. The standard InChI is InChI=1S/C17H28N2O2/c1-2-19-3-4-21-10-15(19)17(20)18-16-13-6-11-5-12(8-13)9-14(16)7-11/h11-16H,2-10H2,1H3,(H,18,20). The van der Waals surface area contributed by atoms with E-state index < -0.39 is 0 Å². The van der Waals surface area contributed by atoms with Crippen LogP contribution in [0.3, 0.4) is 0 Å². The Morgan fingerprint density at radius 3 is 2.43 bits per heavy atom. The minimum absolute atomic E-state index is 0.0686. The molecule has 5 fully saturated rings. The van der Waals surface area contributed by atoms with Gasteiger partial charge in [-0.15, -0.1) is 0 Å². The molecule has 1 amide bonds. The summed E-state index contributed by atoms with van der Waals surface area (Å²) < 4.78 is 5.54. The summed E-state index contributed by atoms with van der Waals surface area (Å²) in [5, 5.41) is 3.44. The molecular weight excluding hydrogens is 264 g/mol. The van der Waals surface area contributed by atoms with Crippen molar-refractivity contribution in [1.29, 1.82) is 0 Å². The lowest BCUT2D eigenvalue weighted by Crippen LogP contribution is -2.60. The highest BCUT2D eigenvalue weighted by Crippen LogP contribution is 2.53. The van der Waals surface area contributed by atoms with Gasteiger partial charge in [0.05, 0.1) is 13.2 Å². The summed E-state index contributed by atoms with van der Waals surface area (Å²) in [6.07, 6.45) is 6.90. The van der Waals surface area contributed by atoms with Gasteiger partial charge in [-0.25, -0.2) is 0 Å². The zero-order chi connectivity index (χ0) is 14.4. The number of ether oxygens (including phenoxy) is 1. The second-order valence-corrected chi connectivity index (χ2v) is 7.68. The molecule has 1 unspecified atom stereocenters. The van der Waals surface area contributed by atoms with Crippen LogP contribution in [-0.4, -0.2) is 49.2 Å². The average Bonchev–Trinajstić information content (AvgIpc) is 2.50. The van der Waals surface area contributed by atoms with Crippen molar-refractivity contribution in [2.75, 3.05) is 26.3 Å². The summed E-state index contributed by atoms with van der Waals surface area (Å²) >= 11 is 0. The number of morpholine rings is 1.